The molecule has 0 aliphatic heterocycles. The number of thioether (sulfide) groups is 1. The van der Waals surface area contributed by atoms with E-state index in [0.29, 0.717) is 5.75 Å². The van der Waals surface area contributed by atoms with E-state index < -0.39 is 0 Å². The smallest absolute Gasteiger partial charge is 0.129 e. The summed E-state index contributed by atoms with van der Waals surface area (Å²) in [6, 6.07) is 5.28. The zero-order valence-corrected chi connectivity index (χ0v) is 8.12. The molecular formula is C10H10FNS. The lowest BCUT2D eigenvalue weighted by Gasteiger charge is -2.02. The monoisotopic (exact) mass is 195 g/mol. The number of halogens is 1. The van der Waals surface area contributed by atoms with Gasteiger partial charge in [-0.2, -0.15) is 11.8 Å². The van der Waals surface area contributed by atoms with Gasteiger partial charge in [-0.3, -0.25) is 0 Å². The molecule has 2 aromatic rings. The van der Waals surface area contributed by atoms with Crippen LogP contribution in [0.2, 0.25) is 0 Å². The topological polar surface area (TPSA) is 15.8 Å². The summed E-state index contributed by atoms with van der Waals surface area (Å²) < 4.78 is 13.4. The van der Waals surface area contributed by atoms with Gasteiger partial charge in [0.15, 0.2) is 0 Å². The van der Waals surface area contributed by atoms with Crippen LogP contribution >= 0.6 is 11.8 Å². The first-order valence-corrected chi connectivity index (χ1v) is 5.45. The number of fused-ring (bicyclic) bond motifs is 1. The molecule has 0 atom stereocenters. The molecule has 1 heterocycles. The molecule has 0 unspecified atom stereocenters. The molecule has 0 aliphatic rings. The molecule has 68 valence electrons. The van der Waals surface area contributed by atoms with Crippen LogP contribution in [0, 0.1) is 5.82 Å². The van der Waals surface area contributed by atoms with Gasteiger partial charge in [0.2, 0.25) is 0 Å². The number of hydrogen-bond acceptors (Lipinski definition) is 1. The second-order valence-corrected chi connectivity index (χ2v) is 3.77. The Labute approximate surface area is 80.3 Å². The first-order valence-electron chi connectivity index (χ1n) is 4.06. The van der Waals surface area contributed by atoms with Gasteiger partial charge in [0, 0.05) is 17.5 Å². The van der Waals surface area contributed by atoms with Gasteiger partial charge >= 0.3 is 0 Å². The fraction of sp³-hybridized carbons (Fsp3) is 0.200. The number of aromatic nitrogens is 1. The average Bonchev–Trinajstić information content (AvgIpc) is 2.58. The normalized spacial score (nSPS) is 10.9. The molecule has 0 bridgehead atoms. The predicted octanol–water partition coefficient (Wildman–Crippen LogP) is 3.17. The van der Waals surface area contributed by atoms with Crippen molar-refractivity contribution in [2.45, 2.75) is 5.75 Å². The summed E-state index contributed by atoms with van der Waals surface area (Å²) in [5.74, 6) is 0.591. The molecule has 2 rings (SSSR count). The lowest BCUT2D eigenvalue weighted by molar-refractivity contribution is 0.619. The van der Waals surface area contributed by atoms with Crippen molar-refractivity contribution in [1.82, 2.24) is 4.98 Å². The van der Waals surface area contributed by atoms with E-state index in [2.05, 4.69) is 4.98 Å². The van der Waals surface area contributed by atoms with Gasteiger partial charge in [0.05, 0.1) is 5.52 Å². The van der Waals surface area contributed by atoms with Crippen LogP contribution in [0.25, 0.3) is 10.9 Å². The zero-order valence-electron chi connectivity index (χ0n) is 7.30. The minimum Gasteiger partial charge on any atom is -0.361 e. The molecule has 1 aromatic heterocycles. The zero-order chi connectivity index (χ0) is 9.26. The van der Waals surface area contributed by atoms with Crippen molar-refractivity contribution in [3.05, 3.63) is 35.8 Å². The van der Waals surface area contributed by atoms with Crippen molar-refractivity contribution in [3.8, 4) is 0 Å². The van der Waals surface area contributed by atoms with Crippen molar-refractivity contribution in [3.63, 3.8) is 0 Å². The van der Waals surface area contributed by atoms with Crippen LogP contribution in [0.15, 0.2) is 24.4 Å². The van der Waals surface area contributed by atoms with Gasteiger partial charge in [-0.1, -0.05) is 0 Å². The Balaban J connectivity index is 2.66. The van der Waals surface area contributed by atoms with Gasteiger partial charge in [-0.05, 0) is 29.8 Å². The van der Waals surface area contributed by atoms with Crippen LogP contribution in [0.5, 0.6) is 0 Å². The number of H-pyrrole nitrogens is 1. The number of rotatable bonds is 2. The van der Waals surface area contributed by atoms with E-state index in [4.69, 9.17) is 0 Å². The van der Waals surface area contributed by atoms with Crippen molar-refractivity contribution < 1.29 is 4.39 Å². The molecule has 1 nitrogen and oxygen atoms in total. The largest absolute Gasteiger partial charge is 0.361 e. The lowest BCUT2D eigenvalue weighted by Crippen LogP contribution is -1.88. The highest BCUT2D eigenvalue weighted by molar-refractivity contribution is 7.97. The van der Waals surface area contributed by atoms with Crippen LogP contribution in [0.4, 0.5) is 4.39 Å². The standard InChI is InChI=1S/C10H10FNS/c1-13-6-8-9(11)3-2-7-4-5-12-10(7)8/h2-5,12H,6H2,1H3. The molecule has 13 heavy (non-hydrogen) atoms. The van der Waals surface area contributed by atoms with E-state index in [1.165, 1.54) is 6.07 Å². The predicted molar refractivity (Wildman–Crippen MR) is 55.5 cm³/mol. The lowest BCUT2D eigenvalue weighted by atomic mass is 10.1. The fourth-order valence-corrected chi connectivity index (χ4v) is 2.02. The first kappa shape index (κ1) is 8.63. The van der Waals surface area contributed by atoms with E-state index in [1.54, 1.807) is 17.8 Å². The number of hydrogen-bond donors (Lipinski definition) is 1. The number of aromatic amines is 1. The van der Waals surface area contributed by atoms with E-state index in [-0.39, 0.29) is 5.82 Å². The van der Waals surface area contributed by atoms with Crippen LogP contribution in [0.1, 0.15) is 5.56 Å². The molecule has 0 saturated carbocycles. The summed E-state index contributed by atoms with van der Waals surface area (Å²) in [4.78, 5) is 3.06. The summed E-state index contributed by atoms with van der Waals surface area (Å²) >= 11 is 1.63. The third-order valence-corrected chi connectivity index (χ3v) is 2.64. The number of nitrogens with one attached hydrogen (secondary N) is 1. The minimum atomic E-state index is -0.121. The third kappa shape index (κ3) is 1.44. The van der Waals surface area contributed by atoms with Gasteiger partial charge < -0.3 is 4.98 Å². The summed E-state index contributed by atoms with van der Waals surface area (Å²) in [6.07, 6.45) is 3.81. The van der Waals surface area contributed by atoms with E-state index in [0.717, 1.165) is 16.5 Å². The van der Waals surface area contributed by atoms with Gasteiger partial charge in [0.25, 0.3) is 0 Å². The van der Waals surface area contributed by atoms with Crippen molar-refractivity contribution in [1.29, 1.82) is 0 Å². The highest BCUT2D eigenvalue weighted by atomic mass is 32.2. The van der Waals surface area contributed by atoms with Crippen LogP contribution in [-0.2, 0) is 5.75 Å². The maximum Gasteiger partial charge on any atom is 0.129 e. The van der Waals surface area contributed by atoms with E-state index >= 15 is 0 Å². The Bertz CT molecular complexity index is 422. The van der Waals surface area contributed by atoms with Gasteiger partial charge in [0.1, 0.15) is 5.82 Å². The molecule has 3 heteroatoms. The molecule has 1 N–H and O–H groups in total. The highest BCUT2D eigenvalue weighted by Crippen LogP contribution is 2.23. The van der Waals surface area contributed by atoms with E-state index in [9.17, 15) is 4.39 Å². The maximum absolute atomic E-state index is 13.4. The third-order valence-electron chi connectivity index (χ3n) is 2.07. The quantitative estimate of drug-likeness (QED) is 0.778. The Hall–Kier alpha value is -0.960. The highest BCUT2D eigenvalue weighted by Gasteiger charge is 2.06. The van der Waals surface area contributed by atoms with Crippen LogP contribution in [-0.4, -0.2) is 11.2 Å². The van der Waals surface area contributed by atoms with Crippen LogP contribution < -0.4 is 0 Å². The second kappa shape index (κ2) is 3.42. The molecule has 0 radical (unpaired) electrons. The molecule has 0 aliphatic carbocycles. The second-order valence-electron chi connectivity index (χ2n) is 2.90. The van der Waals surface area contributed by atoms with Crippen molar-refractivity contribution in [2.24, 2.45) is 0 Å². The molecular weight excluding hydrogens is 185 g/mol. The van der Waals surface area contributed by atoms with Crippen molar-refractivity contribution in [2.75, 3.05) is 6.26 Å². The summed E-state index contributed by atoms with van der Waals surface area (Å²) in [6.45, 7) is 0. The minimum absolute atomic E-state index is 0.121. The summed E-state index contributed by atoms with van der Waals surface area (Å²) in [5, 5.41) is 1.07. The average molecular weight is 195 g/mol. The molecule has 0 amide bonds. The van der Waals surface area contributed by atoms with Crippen LogP contribution in [0.3, 0.4) is 0 Å². The Morgan fingerprint density at radius 1 is 1.38 bits per heavy atom. The first-order chi connectivity index (χ1) is 6.33. The Kier molecular flexibility index (Phi) is 2.27. The van der Waals surface area contributed by atoms with E-state index in [1.807, 2.05) is 18.5 Å². The number of benzene rings is 1. The SMILES string of the molecule is CSCc1c(F)ccc2cc[nH]c12. The molecule has 1 aromatic carbocycles. The van der Waals surface area contributed by atoms with Gasteiger partial charge in [-0.15, -0.1) is 0 Å². The fourth-order valence-electron chi connectivity index (χ4n) is 1.45. The maximum atomic E-state index is 13.4. The molecule has 0 saturated heterocycles. The Morgan fingerprint density at radius 3 is 3.00 bits per heavy atom. The molecule has 0 spiro atoms. The van der Waals surface area contributed by atoms with Crippen molar-refractivity contribution >= 4 is 22.7 Å². The molecule has 0 fully saturated rings. The summed E-state index contributed by atoms with van der Waals surface area (Å²) in [5.41, 5.74) is 1.70. The van der Waals surface area contributed by atoms with Gasteiger partial charge in [-0.25, -0.2) is 4.39 Å². The Morgan fingerprint density at radius 2 is 2.23 bits per heavy atom. The summed E-state index contributed by atoms with van der Waals surface area (Å²) in [7, 11) is 0.